The SMILES string of the molecule is C=CCOC=CC(C)(C)C. The maximum absolute atomic E-state index is 5.06. The first-order chi connectivity index (χ1) is 4.56. The van der Waals surface area contributed by atoms with Gasteiger partial charge in [-0.1, -0.05) is 33.4 Å². The van der Waals surface area contributed by atoms with Crippen LogP contribution in [0.3, 0.4) is 0 Å². The van der Waals surface area contributed by atoms with Crippen LogP contribution >= 0.6 is 0 Å². The third-order valence-corrected chi connectivity index (χ3v) is 0.878. The molecule has 0 heterocycles. The topological polar surface area (TPSA) is 9.23 Å². The number of hydrogen-bond acceptors (Lipinski definition) is 1. The Bertz CT molecular complexity index is 117. The van der Waals surface area contributed by atoms with E-state index in [2.05, 4.69) is 27.4 Å². The van der Waals surface area contributed by atoms with E-state index >= 15 is 0 Å². The molecule has 0 aromatic carbocycles. The molecule has 0 rings (SSSR count). The first-order valence-electron chi connectivity index (χ1n) is 3.46. The van der Waals surface area contributed by atoms with Gasteiger partial charge in [0.1, 0.15) is 6.61 Å². The van der Waals surface area contributed by atoms with Gasteiger partial charge in [0, 0.05) is 0 Å². The van der Waals surface area contributed by atoms with Crippen LogP contribution in [-0.4, -0.2) is 6.61 Å². The minimum absolute atomic E-state index is 0.209. The van der Waals surface area contributed by atoms with Crippen molar-refractivity contribution in [3.05, 3.63) is 25.0 Å². The highest BCUT2D eigenvalue weighted by atomic mass is 16.5. The molecule has 0 unspecified atom stereocenters. The van der Waals surface area contributed by atoms with Crippen LogP contribution in [0.4, 0.5) is 0 Å². The van der Waals surface area contributed by atoms with Crippen molar-refractivity contribution in [3.8, 4) is 0 Å². The van der Waals surface area contributed by atoms with Crippen LogP contribution in [0.15, 0.2) is 25.0 Å². The van der Waals surface area contributed by atoms with E-state index in [1.54, 1.807) is 12.3 Å². The first-order valence-corrected chi connectivity index (χ1v) is 3.46. The van der Waals surface area contributed by atoms with E-state index in [1.807, 2.05) is 6.08 Å². The molecule has 10 heavy (non-hydrogen) atoms. The summed E-state index contributed by atoms with van der Waals surface area (Å²) in [5.74, 6) is 0. The van der Waals surface area contributed by atoms with Crippen molar-refractivity contribution in [2.75, 3.05) is 6.61 Å². The van der Waals surface area contributed by atoms with Crippen molar-refractivity contribution < 1.29 is 4.74 Å². The lowest BCUT2D eigenvalue weighted by Crippen LogP contribution is -1.98. The zero-order chi connectivity index (χ0) is 8.04. The molecule has 0 aromatic rings. The molecule has 0 atom stereocenters. The second kappa shape index (κ2) is 4.15. The Morgan fingerprint density at radius 1 is 1.40 bits per heavy atom. The largest absolute Gasteiger partial charge is 0.497 e. The summed E-state index contributed by atoms with van der Waals surface area (Å²) in [4.78, 5) is 0. The number of hydrogen-bond donors (Lipinski definition) is 0. The van der Waals surface area contributed by atoms with E-state index in [0.29, 0.717) is 6.61 Å². The summed E-state index contributed by atoms with van der Waals surface area (Å²) in [6.45, 7) is 10.5. The minimum Gasteiger partial charge on any atom is -0.497 e. The third-order valence-electron chi connectivity index (χ3n) is 0.878. The fourth-order valence-electron chi connectivity index (χ4n) is 0.376. The predicted molar refractivity (Wildman–Crippen MR) is 44.7 cm³/mol. The Balaban J connectivity index is 3.46. The fraction of sp³-hybridized carbons (Fsp3) is 0.556. The van der Waals surface area contributed by atoms with Gasteiger partial charge in [-0.15, -0.1) is 0 Å². The van der Waals surface area contributed by atoms with Crippen LogP contribution in [0.2, 0.25) is 0 Å². The smallest absolute Gasteiger partial charge is 0.105 e. The van der Waals surface area contributed by atoms with E-state index < -0.39 is 0 Å². The quantitative estimate of drug-likeness (QED) is 0.333. The lowest BCUT2D eigenvalue weighted by molar-refractivity contribution is 0.283. The Kier molecular flexibility index (Phi) is 3.85. The molecule has 0 saturated carbocycles. The van der Waals surface area contributed by atoms with E-state index in [1.165, 1.54) is 0 Å². The predicted octanol–water partition coefficient (Wildman–Crippen LogP) is 2.75. The van der Waals surface area contributed by atoms with Gasteiger partial charge in [-0.3, -0.25) is 0 Å². The van der Waals surface area contributed by atoms with Gasteiger partial charge >= 0.3 is 0 Å². The zero-order valence-corrected chi connectivity index (χ0v) is 7.05. The molecule has 0 bridgehead atoms. The summed E-state index contributed by atoms with van der Waals surface area (Å²) >= 11 is 0. The molecule has 0 radical (unpaired) electrons. The van der Waals surface area contributed by atoms with Crippen LogP contribution in [0, 0.1) is 5.41 Å². The monoisotopic (exact) mass is 140 g/mol. The summed E-state index contributed by atoms with van der Waals surface area (Å²) < 4.78 is 5.06. The van der Waals surface area contributed by atoms with Crippen molar-refractivity contribution in [1.29, 1.82) is 0 Å². The molecule has 1 heteroatoms. The molecule has 1 nitrogen and oxygen atoms in total. The summed E-state index contributed by atoms with van der Waals surface area (Å²) in [5, 5.41) is 0. The van der Waals surface area contributed by atoms with Crippen LogP contribution < -0.4 is 0 Å². The van der Waals surface area contributed by atoms with E-state index in [-0.39, 0.29) is 5.41 Å². The standard InChI is InChI=1S/C9H16O/c1-5-7-10-8-6-9(2,3)4/h5-6,8H,1,7H2,2-4H3. The van der Waals surface area contributed by atoms with Crippen molar-refractivity contribution >= 4 is 0 Å². The third kappa shape index (κ3) is 7.28. The second-order valence-electron chi connectivity index (χ2n) is 3.29. The zero-order valence-electron chi connectivity index (χ0n) is 7.05. The molecule has 0 aromatic heterocycles. The molecule has 0 amide bonds. The van der Waals surface area contributed by atoms with Gasteiger partial charge in [0.2, 0.25) is 0 Å². The Morgan fingerprint density at radius 2 is 2.00 bits per heavy atom. The molecule has 0 N–H and O–H groups in total. The molecule has 0 fully saturated rings. The number of rotatable bonds is 3. The Hall–Kier alpha value is -0.720. The van der Waals surface area contributed by atoms with E-state index in [0.717, 1.165) is 0 Å². The van der Waals surface area contributed by atoms with Gasteiger partial charge in [0.25, 0.3) is 0 Å². The molecule has 0 saturated heterocycles. The molecular weight excluding hydrogens is 124 g/mol. The summed E-state index contributed by atoms with van der Waals surface area (Å²) in [5.41, 5.74) is 0.209. The van der Waals surface area contributed by atoms with Crippen LogP contribution in [-0.2, 0) is 4.74 Å². The second-order valence-corrected chi connectivity index (χ2v) is 3.29. The van der Waals surface area contributed by atoms with Gasteiger partial charge in [0.05, 0.1) is 6.26 Å². The summed E-state index contributed by atoms with van der Waals surface area (Å²) in [6, 6.07) is 0. The van der Waals surface area contributed by atoms with Crippen molar-refractivity contribution in [2.45, 2.75) is 20.8 Å². The first kappa shape index (κ1) is 9.28. The molecule has 0 spiro atoms. The van der Waals surface area contributed by atoms with Gasteiger partial charge in [-0.2, -0.15) is 0 Å². The van der Waals surface area contributed by atoms with Gasteiger partial charge < -0.3 is 4.74 Å². The molecule has 0 aliphatic heterocycles. The highest BCUT2D eigenvalue weighted by Gasteiger charge is 2.02. The lowest BCUT2D eigenvalue weighted by atomic mass is 9.97. The fourth-order valence-corrected chi connectivity index (χ4v) is 0.376. The van der Waals surface area contributed by atoms with Crippen LogP contribution in [0.1, 0.15) is 20.8 Å². The highest BCUT2D eigenvalue weighted by Crippen LogP contribution is 2.13. The highest BCUT2D eigenvalue weighted by molar-refractivity contribution is 4.87. The van der Waals surface area contributed by atoms with Crippen molar-refractivity contribution in [3.63, 3.8) is 0 Å². The van der Waals surface area contributed by atoms with Crippen molar-refractivity contribution in [1.82, 2.24) is 0 Å². The average Bonchev–Trinajstić information content (AvgIpc) is 1.78. The van der Waals surface area contributed by atoms with Crippen LogP contribution in [0.5, 0.6) is 0 Å². The summed E-state index contributed by atoms with van der Waals surface area (Å²) in [7, 11) is 0. The van der Waals surface area contributed by atoms with Gasteiger partial charge in [-0.25, -0.2) is 0 Å². The van der Waals surface area contributed by atoms with Crippen molar-refractivity contribution in [2.24, 2.45) is 5.41 Å². The normalized spacial score (nSPS) is 11.9. The number of ether oxygens (including phenoxy) is 1. The molecule has 0 aliphatic carbocycles. The van der Waals surface area contributed by atoms with Crippen LogP contribution in [0.25, 0.3) is 0 Å². The maximum atomic E-state index is 5.06. The van der Waals surface area contributed by atoms with Gasteiger partial charge in [-0.05, 0) is 11.5 Å². The minimum atomic E-state index is 0.209. The van der Waals surface area contributed by atoms with Gasteiger partial charge in [0.15, 0.2) is 0 Å². The Morgan fingerprint density at radius 3 is 2.40 bits per heavy atom. The Labute approximate surface area is 63.4 Å². The van der Waals surface area contributed by atoms with E-state index in [4.69, 9.17) is 4.74 Å². The molecule has 0 aliphatic rings. The van der Waals surface area contributed by atoms with E-state index in [9.17, 15) is 0 Å². The summed E-state index contributed by atoms with van der Waals surface area (Å²) in [6.07, 6.45) is 5.48. The number of allylic oxidation sites excluding steroid dienone is 1. The average molecular weight is 140 g/mol. The molecular formula is C9H16O. The maximum Gasteiger partial charge on any atom is 0.105 e. The molecule has 58 valence electrons. The lowest BCUT2D eigenvalue weighted by Gasteiger charge is -2.10.